The van der Waals surface area contributed by atoms with Crippen molar-refractivity contribution < 1.29 is 47.7 Å². The van der Waals surface area contributed by atoms with Crippen LogP contribution >= 0.6 is 0 Å². The van der Waals surface area contributed by atoms with Gasteiger partial charge in [-0.15, -0.1) is 0 Å². The van der Waals surface area contributed by atoms with Crippen molar-refractivity contribution in [3.05, 3.63) is 0 Å². The third-order valence-electron chi connectivity index (χ3n) is 6.93. The van der Waals surface area contributed by atoms with Gasteiger partial charge in [0.05, 0.1) is 26.4 Å². The first kappa shape index (κ1) is 44.9. The summed E-state index contributed by atoms with van der Waals surface area (Å²) in [5.74, 6) is -4.05. The normalized spacial score (nSPS) is 10.7. The number of amides is 2. The second kappa shape index (κ2) is 29.2. The van der Waals surface area contributed by atoms with Crippen molar-refractivity contribution in [3.63, 3.8) is 0 Å². The molecule has 0 saturated carbocycles. The number of carbonyl (C=O) groups excluding carboxylic acids is 6. The lowest BCUT2D eigenvalue weighted by Crippen LogP contribution is -2.61. The number of esters is 4. The standard InChI is InChI=1S/C25H47NO5.C9H15NO5/c1-5-8-9-10-11-12-13-14-15-16-17-18-19-20-21-25(26-22(4)27,23(28)30-6-2)24(29)31-7-3;1-4-14-8(12)7(10-6(3)11)9(13)15-5-2/h5-21H2,1-4H3,(H,26,27);7H,4-5H2,1-3H3,(H,10,11). The Morgan fingerprint density at radius 2 is 0.848 bits per heavy atom. The third-order valence-corrected chi connectivity index (χ3v) is 6.93. The zero-order valence-electron chi connectivity index (χ0n) is 29.6. The molecular formula is C34H62N2O10. The van der Waals surface area contributed by atoms with Gasteiger partial charge in [0.1, 0.15) is 0 Å². The van der Waals surface area contributed by atoms with Gasteiger partial charge in [0, 0.05) is 13.8 Å². The summed E-state index contributed by atoms with van der Waals surface area (Å²) in [7, 11) is 0. The molecule has 0 spiro atoms. The molecule has 0 radical (unpaired) electrons. The fourth-order valence-electron chi connectivity index (χ4n) is 4.71. The van der Waals surface area contributed by atoms with Crippen molar-refractivity contribution >= 4 is 35.7 Å². The first-order valence-corrected chi connectivity index (χ1v) is 17.2. The van der Waals surface area contributed by atoms with Crippen LogP contribution < -0.4 is 10.6 Å². The zero-order chi connectivity index (χ0) is 35.2. The Balaban J connectivity index is 0. The minimum Gasteiger partial charge on any atom is -0.464 e. The highest BCUT2D eigenvalue weighted by Crippen LogP contribution is 2.21. The lowest BCUT2D eigenvalue weighted by atomic mass is 9.91. The molecule has 0 aliphatic heterocycles. The van der Waals surface area contributed by atoms with Crippen molar-refractivity contribution in [1.29, 1.82) is 0 Å². The molecule has 0 aliphatic carbocycles. The van der Waals surface area contributed by atoms with E-state index in [1.165, 1.54) is 78.1 Å². The molecule has 0 aliphatic rings. The van der Waals surface area contributed by atoms with Gasteiger partial charge in [-0.25, -0.2) is 19.2 Å². The molecule has 0 atom stereocenters. The maximum Gasteiger partial charge on any atom is 0.343 e. The largest absolute Gasteiger partial charge is 0.464 e. The average Bonchev–Trinajstić information content (AvgIpc) is 2.99. The van der Waals surface area contributed by atoms with Crippen LogP contribution in [0, 0.1) is 0 Å². The van der Waals surface area contributed by atoms with E-state index >= 15 is 0 Å². The van der Waals surface area contributed by atoms with E-state index in [4.69, 9.17) is 9.47 Å². The van der Waals surface area contributed by atoms with Crippen LogP contribution in [0.5, 0.6) is 0 Å². The summed E-state index contributed by atoms with van der Waals surface area (Å²) in [6.45, 7) is 11.8. The van der Waals surface area contributed by atoms with Gasteiger partial charge in [0.25, 0.3) is 0 Å². The van der Waals surface area contributed by atoms with Crippen LogP contribution in [0.3, 0.4) is 0 Å². The second-order valence-electron chi connectivity index (χ2n) is 11.0. The molecule has 268 valence electrons. The van der Waals surface area contributed by atoms with Crippen molar-refractivity contribution in [2.24, 2.45) is 0 Å². The molecule has 0 aromatic rings. The predicted octanol–water partition coefficient (Wildman–Crippen LogP) is 5.48. The molecule has 0 heterocycles. The zero-order valence-corrected chi connectivity index (χ0v) is 29.6. The fourth-order valence-corrected chi connectivity index (χ4v) is 4.71. The van der Waals surface area contributed by atoms with Crippen LogP contribution in [0.1, 0.15) is 145 Å². The SMILES string of the molecule is CCCCCCCCCCCCCCCCC(NC(C)=O)(C(=O)OCC)C(=O)OCC.CCOC(=O)C(NC(C)=O)C(=O)OCC. The Morgan fingerprint density at radius 3 is 1.15 bits per heavy atom. The summed E-state index contributed by atoms with van der Waals surface area (Å²) >= 11 is 0. The van der Waals surface area contributed by atoms with Gasteiger partial charge >= 0.3 is 23.9 Å². The molecule has 0 unspecified atom stereocenters. The van der Waals surface area contributed by atoms with Crippen LogP contribution in [0.15, 0.2) is 0 Å². The van der Waals surface area contributed by atoms with E-state index < -0.39 is 47.3 Å². The Bertz CT molecular complexity index is 842. The van der Waals surface area contributed by atoms with E-state index in [2.05, 4.69) is 27.0 Å². The van der Waals surface area contributed by atoms with Gasteiger partial charge in [-0.05, 0) is 40.5 Å². The Kier molecular flexibility index (Phi) is 28.6. The monoisotopic (exact) mass is 658 g/mol. The van der Waals surface area contributed by atoms with Gasteiger partial charge in [-0.2, -0.15) is 0 Å². The first-order chi connectivity index (χ1) is 22.0. The minimum atomic E-state index is -1.74. The van der Waals surface area contributed by atoms with Crippen molar-refractivity contribution in [2.45, 2.75) is 156 Å². The number of ether oxygens (including phenoxy) is 4. The topological polar surface area (TPSA) is 163 Å². The van der Waals surface area contributed by atoms with E-state index in [1.807, 2.05) is 0 Å². The highest BCUT2D eigenvalue weighted by atomic mass is 16.6. The molecule has 0 aromatic heterocycles. The van der Waals surface area contributed by atoms with Crippen molar-refractivity contribution in [2.75, 3.05) is 26.4 Å². The summed E-state index contributed by atoms with van der Waals surface area (Å²) in [5.41, 5.74) is -1.74. The van der Waals surface area contributed by atoms with E-state index in [0.29, 0.717) is 6.42 Å². The van der Waals surface area contributed by atoms with Gasteiger partial charge in [-0.3, -0.25) is 9.59 Å². The molecule has 0 aromatic carbocycles. The lowest BCUT2D eigenvalue weighted by Gasteiger charge is -2.29. The number of carbonyl (C=O) groups is 6. The average molecular weight is 659 g/mol. The lowest BCUT2D eigenvalue weighted by molar-refractivity contribution is -0.168. The Hall–Kier alpha value is -3.18. The number of unbranched alkanes of at least 4 members (excludes halogenated alkanes) is 13. The molecule has 0 rings (SSSR count). The quantitative estimate of drug-likeness (QED) is 0.0556. The molecule has 0 fully saturated rings. The van der Waals surface area contributed by atoms with Gasteiger partial charge in [0.2, 0.25) is 23.4 Å². The molecule has 12 nitrogen and oxygen atoms in total. The number of hydrogen-bond donors (Lipinski definition) is 2. The number of hydrogen-bond acceptors (Lipinski definition) is 10. The summed E-state index contributed by atoms with van der Waals surface area (Å²) in [5, 5.41) is 4.68. The van der Waals surface area contributed by atoms with Gasteiger partial charge in [0.15, 0.2) is 0 Å². The summed E-state index contributed by atoms with van der Waals surface area (Å²) < 4.78 is 19.4. The van der Waals surface area contributed by atoms with Crippen LogP contribution in [0.2, 0.25) is 0 Å². The van der Waals surface area contributed by atoms with Crippen LogP contribution in [-0.4, -0.2) is 73.7 Å². The molecule has 0 saturated heterocycles. The summed E-state index contributed by atoms with van der Waals surface area (Å²) in [4.78, 5) is 70.0. The predicted molar refractivity (Wildman–Crippen MR) is 176 cm³/mol. The second-order valence-corrected chi connectivity index (χ2v) is 11.0. The van der Waals surface area contributed by atoms with Crippen LogP contribution in [-0.2, 0) is 47.7 Å². The smallest absolute Gasteiger partial charge is 0.343 e. The first-order valence-electron chi connectivity index (χ1n) is 17.2. The van der Waals surface area contributed by atoms with Gasteiger partial charge in [-0.1, -0.05) is 90.4 Å². The Labute approximate surface area is 276 Å². The number of rotatable bonds is 25. The van der Waals surface area contributed by atoms with Gasteiger partial charge < -0.3 is 29.6 Å². The van der Waals surface area contributed by atoms with E-state index in [-0.39, 0.29) is 32.8 Å². The van der Waals surface area contributed by atoms with E-state index in [0.717, 1.165) is 19.3 Å². The third kappa shape index (κ3) is 21.5. The molecule has 2 N–H and O–H groups in total. The summed E-state index contributed by atoms with van der Waals surface area (Å²) in [6.07, 6.45) is 17.3. The van der Waals surface area contributed by atoms with E-state index in [1.54, 1.807) is 27.7 Å². The molecule has 0 bridgehead atoms. The molecule has 46 heavy (non-hydrogen) atoms. The van der Waals surface area contributed by atoms with E-state index in [9.17, 15) is 28.8 Å². The maximum atomic E-state index is 12.5. The molecule has 12 heteroatoms. The van der Waals surface area contributed by atoms with Crippen LogP contribution in [0.4, 0.5) is 0 Å². The van der Waals surface area contributed by atoms with Crippen LogP contribution in [0.25, 0.3) is 0 Å². The highest BCUT2D eigenvalue weighted by Gasteiger charge is 2.49. The van der Waals surface area contributed by atoms with Crippen molar-refractivity contribution in [3.8, 4) is 0 Å². The minimum absolute atomic E-state index is 0.133. The molecular weight excluding hydrogens is 596 g/mol. The maximum absolute atomic E-state index is 12.5. The summed E-state index contributed by atoms with van der Waals surface area (Å²) in [6, 6.07) is -1.37. The molecule has 2 amide bonds. The highest BCUT2D eigenvalue weighted by molar-refractivity contribution is 6.07. The Morgan fingerprint density at radius 1 is 0.500 bits per heavy atom. The van der Waals surface area contributed by atoms with Crippen molar-refractivity contribution in [1.82, 2.24) is 10.6 Å². The number of nitrogens with one attached hydrogen (secondary N) is 2. The fraction of sp³-hybridized carbons (Fsp3) is 0.824.